The number of rotatable bonds is 8. The van der Waals surface area contributed by atoms with Crippen LogP contribution in [0.15, 0.2) is 53.4 Å². The van der Waals surface area contributed by atoms with Crippen molar-refractivity contribution < 1.29 is 9.53 Å². The Labute approximate surface area is 148 Å². The van der Waals surface area contributed by atoms with Gasteiger partial charge in [-0.25, -0.2) is 0 Å². The Morgan fingerprint density at radius 1 is 1.12 bits per heavy atom. The molecule has 0 aliphatic carbocycles. The van der Waals surface area contributed by atoms with Crippen molar-refractivity contribution in [2.75, 3.05) is 13.7 Å². The number of ether oxygens (including phenoxy) is 1. The van der Waals surface area contributed by atoms with E-state index < -0.39 is 0 Å². The lowest BCUT2D eigenvalue weighted by Crippen LogP contribution is -2.31. The third kappa shape index (κ3) is 5.93. The third-order valence-electron chi connectivity index (χ3n) is 3.80. The molecule has 2 aromatic carbocycles. The van der Waals surface area contributed by atoms with Crippen molar-refractivity contribution in [2.45, 2.75) is 36.8 Å². The smallest absolute Gasteiger partial charge is 0.233 e. The van der Waals surface area contributed by atoms with Crippen molar-refractivity contribution in [1.82, 2.24) is 5.32 Å². The van der Waals surface area contributed by atoms with Gasteiger partial charge in [0.1, 0.15) is 5.75 Å². The zero-order chi connectivity index (χ0) is 17.4. The fourth-order valence-electron chi connectivity index (χ4n) is 2.31. The summed E-state index contributed by atoms with van der Waals surface area (Å²) >= 11 is 1.59. The van der Waals surface area contributed by atoms with Crippen LogP contribution in [0.25, 0.3) is 0 Å². The molecule has 1 atom stereocenters. The topological polar surface area (TPSA) is 38.3 Å². The minimum atomic E-state index is -0.0892. The summed E-state index contributed by atoms with van der Waals surface area (Å²) in [6, 6.07) is 16.3. The molecule has 0 heterocycles. The van der Waals surface area contributed by atoms with Gasteiger partial charge in [0.15, 0.2) is 0 Å². The third-order valence-corrected chi connectivity index (χ3v) is 4.92. The molecule has 128 valence electrons. The molecule has 1 unspecified atom stereocenters. The molecule has 1 N–H and O–H groups in total. The highest BCUT2D eigenvalue weighted by atomic mass is 32.2. The number of nitrogens with one attached hydrogen (secondary N) is 1. The number of methoxy groups -OCH3 is 1. The Hall–Kier alpha value is -1.94. The van der Waals surface area contributed by atoms with E-state index in [4.69, 9.17) is 4.74 Å². The van der Waals surface area contributed by atoms with E-state index >= 15 is 0 Å². The number of aryl methyl sites for hydroxylation is 2. The number of hydrogen-bond donors (Lipinski definition) is 1. The number of thioether (sulfide) groups is 1. The molecule has 0 fully saturated rings. The van der Waals surface area contributed by atoms with Crippen molar-refractivity contribution in [3.63, 3.8) is 0 Å². The zero-order valence-electron chi connectivity index (χ0n) is 14.5. The van der Waals surface area contributed by atoms with Crippen molar-refractivity contribution in [3.05, 3.63) is 59.7 Å². The number of hydrogen-bond acceptors (Lipinski definition) is 3. The molecule has 0 saturated carbocycles. The van der Waals surface area contributed by atoms with Crippen LogP contribution in [0.3, 0.4) is 0 Å². The van der Waals surface area contributed by atoms with Gasteiger partial charge in [-0.1, -0.05) is 29.8 Å². The average Bonchev–Trinajstić information content (AvgIpc) is 2.61. The van der Waals surface area contributed by atoms with E-state index in [0.717, 1.165) is 23.5 Å². The SMILES string of the molecule is COc1ccc(CCCNC(=O)C(C)Sc2ccc(C)cc2)cc1. The van der Waals surface area contributed by atoms with Crippen LogP contribution in [-0.2, 0) is 11.2 Å². The number of carbonyl (C=O) groups is 1. The van der Waals surface area contributed by atoms with Gasteiger partial charge in [0.25, 0.3) is 0 Å². The Bertz CT molecular complexity index is 638. The first kappa shape index (κ1) is 18.4. The number of benzene rings is 2. The molecule has 2 rings (SSSR count). The average molecular weight is 343 g/mol. The molecular formula is C20H25NO2S. The quantitative estimate of drug-likeness (QED) is 0.576. The van der Waals surface area contributed by atoms with Crippen LogP contribution in [0.1, 0.15) is 24.5 Å². The van der Waals surface area contributed by atoms with E-state index in [1.807, 2.05) is 19.1 Å². The molecule has 1 amide bonds. The maximum atomic E-state index is 12.2. The predicted octanol–water partition coefficient (Wildman–Crippen LogP) is 4.23. The normalized spacial score (nSPS) is 11.8. The fourth-order valence-corrected chi connectivity index (χ4v) is 3.21. The molecule has 0 aliphatic rings. The molecule has 0 aliphatic heterocycles. The van der Waals surface area contributed by atoms with Crippen LogP contribution in [0, 0.1) is 6.92 Å². The first-order valence-electron chi connectivity index (χ1n) is 8.22. The Morgan fingerprint density at radius 3 is 2.42 bits per heavy atom. The summed E-state index contributed by atoms with van der Waals surface area (Å²) in [6.07, 6.45) is 1.88. The Kier molecular flexibility index (Phi) is 7.19. The fraction of sp³-hybridized carbons (Fsp3) is 0.350. The van der Waals surface area contributed by atoms with Crippen LogP contribution in [-0.4, -0.2) is 24.8 Å². The Morgan fingerprint density at radius 2 is 1.79 bits per heavy atom. The van der Waals surface area contributed by atoms with E-state index in [1.165, 1.54) is 11.1 Å². The van der Waals surface area contributed by atoms with Crippen molar-refractivity contribution in [1.29, 1.82) is 0 Å². The summed E-state index contributed by atoms with van der Waals surface area (Å²) in [5, 5.41) is 2.93. The lowest BCUT2D eigenvalue weighted by atomic mass is 10.1. The van der Waals surface area contributed by atoms with Gasteiger partial charge in [0.2, 0.25) is 5.91 Å². The summed E-state index contributed by atoms with van der Waals surface area (Å²) in [5.74, 6) is 0.962. The van der Waals surface area contributed by atoms with Crippen LogP contribution >= 0.6 is 11.8 Å². The van der Waals surface area contributed by atoms with Gasteiger partial charge in [-0.2, -0.15) is 0 Å². The summed E-state index contributed by atoms with van der Waals surface area (Å²) in [6.45, 7) is 4.71. The van der Waals surface area contributed by atoms with Crippen molar-refractivity contribution in [3.8, 4) is 5.75 Å². The second kappa shape index (κ2) is 9.38. The first-order chi connectivity index (χ1) is 11.6. The van der Waals surface area contributed by atoms with Gasteiger partial charge >= 0.3 is 0 Å². The highest BCUT2D eigenvalue weighted by Gasteiger charge is 2.13. The minimum absolute atomic E-state index is 0.0892. The molecular weight excluding hydrogens is 318 g/mol. The van der Waals surface area contributed by atoms with Gasteiger partial charge in [-0.15, -0.1) is 11.8 Å². The minimum Gasteiger partial charge on any atom is -0.497 e. The number of carbonyl (C=O) groups excluding carboxylic acids is 1. The summed E-state index contributed by atoms with van der Waals surface area (Å²) in [7, 11) is 1.67. The van der Waals surface area contributed by atoms with Crippen LogP contribution in [0.4, 0.5) is 0 Å². The molecule has 4 heteroatoms. The molecule has 0 aromatic heterocycles. The van der Waals surface area contributed by atoms with Crippen LogP contribution < -0.4 is 10.1 Å². The van der Waals surface area contributed by atoms with E-state index in [-0.39, 0.29) is 11.2 Å². The van der Waals surface area contributed by atoms with Crippen molar-refractivity contribution >= 4 is 17.7 Å². The second-order valence-electron chi connectivity index (χ2n) is 5.82. The predicted molar refractivity (Wildman–Crippen MR) is 101 cm³/mol. The molecule has 0 spiro atoms. The van der Waals surface area contributed by atoms with E-state index in [2.05, 4.69) is 48.6 Å². The molecule has 0 saturated heterocycles. The molecule has 24 heavy (non-hydrogen) atoms. The maximum Gasteiger partial charge on any atom is 0.233 e. The maximum absolute atomic E-state index is 12.2. The van der Waals surface area contributed by atoms with E-state index in [1.54, 1.807) is 18.9 Å². The highest BCUT2D eigenvalue weighted by Crippen LogP contribution is 2.23. The standard InChI is InChI=1S/C20H25NO2S/c1-15-6-12-19(13-7-15)24-16(2)20(22)21-14-4-5-17-8-10-18(23-3)11-9-17/h6-13,16H,4-5,14H2,1-3H3,(H,21,22). The molecule has 0 bridgehead atoms. The Balaban J connectivity index is 1.69. The van der Waals surface area contributed by atoms with Gasteiger partial charge in [0.05, 0.1) is 12.4 Å². The first-order valence-corrected chi connectivity index (χ1v) is 9.10. The molecule has 2 aromatic rings. The van der Waals surface area contributed by atoms with E-state index in [0.29, 0.717) is 6.54 Å². The molecule has 0 radical (unpaired) electrons. The summed E-state index contributed by atoms with van der Waals surface area (Å²) < 4.78 is 5.15. The molecule has 3 nitrogen and oxygen atoms in total. The van der Waals surface area contributed by atoms with Gasteiger partial charge < -0.3 is 10.1 Å². The van der Waals surface area contributed by atoms with E-state index in [9.17, 15) is 4.79 Å². The van der Waals surface area contributed by atoms with Crippen molar-refractivity contribution in [2.24, 2.45) is 0 Å². The monoisotopic (exact) mass is 343 g/mol. The van der Waals surface area contributed by atoms with Gasteiger partial charge in [0, 0.05) is 11.4 Å². The van der Waals surface area contributed by atoms with Crippen LogP contribution in [0.5, 0.6) is 5.75 Å². The second-order valence-corrected chi connectivity index (χ2v) is 7.23. The zero-order valence-corrected chi connectivity index (χ0v) is 15.4. The van der Waals surface area contributed by atoms with Gasteiger partial charge in [-0.05, 0) is 56.5 Å². The van der Waals surface area contributed by atoms with Crippen LogP contribution in [0.2, 0.25) is 0 Å². The highest BCUT2D eigenvalue weighted by molar-refractivity contribution is 8.00. The lowest BCUT2D eigenvalue weighted by Gasteiger charge is -2.12. The summed E-state index contributed by atoms with van der Waals surface area (Å²) in [4.78, 5) is 13.3. The number of amides is 1. The largest absolute Gasteiger partial charge is 0.497 e. The van der Waals surface area contributed by atoms with Gasteiger partial charge in [-0.3, -0.25) is 4.79 Å². The summed E-state index contributed by atoms with van der Waals surface area (Å²) in [5.41, 5.74) is 2.49. The lowest BCUT2D eigenvalue weighted by molar-refractivity contribution is -0.120.